The normalized spacial score (nSPS) is 16.6. The Hall–Kier alpha value is -3.65. The van der Waals surface area contributed by atoms with E-state index < -0.39 is 0 Å². The fraction of sp³-hybridized carbons (Fsp3) is 0.355. The summed E-state index contributed by atoms with van der Waals surface area (Å²) < 4.78 is 2.07. The van der Waals surface area contributed by atoms with Gasteiger partial charge in [0, 0.05) is 39.4 Å². The minimum atomic E-state index is -0.241. The van der Waals surface area contributed by atoms with E-state index >= 15 is 0 Å². The topological polar surface area (TPSA) is 97.7 Å². The number of nitrogens with one attached hydrogen (secondary N) is 1. The molecular weight excluding hydrogens is 504 g/mol. The van der Waals surface area contributed by atoms with Gasteiger partial charge in [0.05, 0.1) is 12.1 Å². The molecule has 2 heterocycles. The first-order chi connectivity index (χ1) is 18.5. The van der Waals surface area contributed by atoms with Crippen molar-refractivity contribution in [1.82, 2.24) is 19.9 Å². The van der Waals surface area contributed by atoms with Crippen molar-refractivity contribution in [3.05, 3.63) is 89.6 Å². The summed E-state index contributed by atoms with van der Waals surface area (Å²) in [6, 6.07) is 11.9. The fourth-order valence-electron chi connectivity index (χ4n) is 3.98. The molecular formula is C31H38N6OS. The summed E-state index contributed by atoms with van der Waals surface area (Å²) in [7, 11) is 0. The average Bonchev–Trinajstić information content (AvgIpc) is 3.29. The zero-order chi connectivity index (χ0) is 28.2. The lowest BCUT2D eigenvalue weighted by molar-refractivity contribution is -0.118. The summed E-state index contributed by atoms with van der Waals surface area (Å²) in [6.07, 6.45) is 11.4. The number of pyridine rings is 1. The van der Waals surface area contributed by atoms with Crippen LogP contribution in [0.2, 0.25) is 0 Å². The lowest BCUT2D eigenvalue weighted by Gasteiger charge is -2.19. The van der Waals surface area contributed by atoms with Crippen molar-refractivity contribution in [3.63, 3.8) is 0 Å². The number of carbonyl (C=O) groups is 1. The average molecular weight is 543 g/mol. The smallest absolute Gasteiger partial charge is 0.229 e. The van der Waals surface area contributed by atoms with Gasteiger partial charge in [-0.05, 0) is 43.2 Å². The van der Waals surface area contributed by atoms with Gasteiger partial charge in [-0.1, -0.05) is 70.5 Å². The van der Waals surface area contributed by atoms with Crippen LogP contribution in [0.5, 0.6) is 0 Å². The molecule has 0 bridgehead atoms. The zero-order valence-corrected chi connectivity index (χ0v) is 24.4. The van der Waals surface area contributed by atoms with E-state index in [-0.39, 0.29) is 17.7 Å². The summed E-state index contributed by atoms with van der Waals surface area (Å²) in [5.41, 5.74) is 10.5. The first-order valence-corrected chi connectivity index (χ1v) is 14.2. The number of aromatic nitrogens is 3. The third-order valence-corrected chi connectivity index (χ3v) is 7.58. The largest absolute Gasteiger partial charge is 0.401 e. The number of amidine groups is 1. The number of aryl methyl sites for hydroxylation is 1. The Morgan fingerprint density at radius 2 is 1.95 bits per heavy atom. The van der Waals surface area contributed by atoms with E-state index in [2.05, 4.69) is 63.2 Å². The maximum atomic E-state index is 13.0. The number of rotatable bonds is 7. The Morgan fingerprint density at radius 3 is 2.59 bits per heavy atom. The highest BCUT2D eigenvalue weighted by molar-refractivity contribution is 8.00. The Balaban J connectivity index is 1.40. The van der Waals surface area contributed by atoms with Crippen molar-refractivity contribution >= 4 is 34.8 Å². The van der Waals surface area contributed by atoms with Gasteiger partial charge in [-0.3, -0.25) is 9.20 Å². The van der Waals surface area contributed by atoms with Gasteiger partial charge >= 0.3 is 0 Å². The monoisotopic (exact) mass is 542 g/mol. The fourth-order valence-corrected chi connectivity index (χ4v) is 4.99. The number of nitrogens with two attached hydrogens (primary N) is 1. The van der Waals surface area contributed by atoms with Gasteiger partial charge in [0.2, 0.25) is 5.91 Å². The van der Waals surface area contributed by atoms with E-state index in [0.29, 0.717) is 22.7 Å². The van der Waals surface area contributed by atoms with Crippen LogP contribution in [0.3, 0.4) is 0 Å². The second-order valence-electron chi connectivity index (χ2n) is 11.2. The van der Waals surface area contributed by atoms with E-state index in [1.165, 1.54) is 0 Å². The van der Waals surface area contributed by atoms with Crippen LogP contribution in [0.15, 0.2) is 88.1 Å². The summed E-state index contributed by atoms with van der Waals surface area (Å²) >= 11 is 1.80. The maximum Gasteiger partial charge on any atom is 0.229 e. The van der Waals surface area contributed by atoms with Crippen LogP contribution in [0, 0.1) is 12.3 Å². The van der Waals surface area contributed by atoms with Crippen LogP contribution in [0.1, 0.15) is 64.8 Å². The van der Waals surface area contributed by atoms with Gasteiger partial charge < -0.3 is 11.1 Å². The van der Waals surface area contributed by atoms with Gasteiger partial charge in [0.15, 0.2) is 5.65 Å². The quantitative estimate of drug-likeness (QED) is 0.258. The second kappa shape index (κ2) is 12.0. The molecule has 7 nitrogen and oxygen atoms in total. The van der Waals surface area contributed by atoms with Crippen molar-refractivity contribution < 1.29 is 4.79 Å². The molecule has 0 saturated heterocycles. The molecule has 1 amide bonds. The standard InChI is InChI=1S/C31H38N6OS/c1-20(2)30-36-35-28-16-15-25(19-37(28)30)39-24-13-9-22(10-14-24)17-29(38)34-27(18-26(32)31(4,5)6)33-23-11-7-21(3)8-12-23/h7-13,15-16,18-20,24H,14,17,32H2,1-6H3,(H,33,34,38). The second-order valence-corrected chi connectivity index (χ2v) is 12.6. The number of hydrogen-bond donors (Lipinski definition) is 2. The molecule has 1 aliphatic carbocycles. The minimum absolute atomic E-state index is 0.125. The number of amides is 1. The highest BCUT2D eigenvalue weighted by Crippen LogP contribution is 2.31. The predicted molar refractivity (Wildman–Crippen MR) is 161 cm³/mol. The van der Waals surface area contributed by atoms with Crippen LogP contribution in [-0.2, 0) is 4.79 Å². The van der Waals surface area contributed by atoms with Crippen LogP contribution in [0.4, 0.5) is 5.69 Å². The van der Waals surface area contributed by atoms with Gasteiger partial charge in [-0.2, -0.15) is 0 Å². The number of allylic oxidation sites excluding steroid dienone is 3. The molecule has 0 radical (unpaired) electrons. The zero-order valence-electron chi connectivity index (χ0n) is 23.6. The lowest BCUT2D eigenvalue weighted by Crippen LogP contribution is -2.31. The van der Waals surface area contributed by atoms with Crippen LogP contribution >= 0.6 is 11.8 Å². The number of benzene rings is 1. The SMILES string of the molecule is Cc1ccc(N=C(C=C(N)C(C)(C)C)NC(=O)CC2=CCC(Sc3ccc4nnc(C(C)C)n4c3)C=C2)cc1. The summed E-state index contributed by atoms with van der Waals surface area (Å²) in [5, 5.41) is 11.8. The van der Waals surface area contributed by atoms with Crippen molar-refractivity contribution in [2.45, 2.75) is 70.4 Å². The molecule has 1 unspecified atom stereocenters. The van der Waals surface area contributed by atoms with E-state index in [4.69, 9.17) is 5.73 Å². The molecule has 1 atom stereocenters. The number of carbonyl (C=O) groups excluding carboxylic acids is 1. The third-order valence-electron chi connectivity index (χ3n) is 6.42. The van der Waals surface area contributed by atoms with Gasteiger partial charge in [-0.15, -0.1) is 22.0 Å². The Morgan fingerprint density at radius 1 is 1.21 bits per heavy atom. The van der Waals surface area contributed by atoms with Crippen LogP contribution in [-0.4, -0.2) is 31.6 Å². The summed E-state index contributed by atoms with van der Waals surface area (Å²) in [5.74, 6) is 1.58. The number of thioether (sulfide) groups is 1. The van der Waals surface area contributed by atoms with Crippen molar-refractivity contribution in [3.8, 4) is 0 Å². The van der Waals surface area contributed by atoms with Crippen molar-refractivity contribution in [2.24, 2.45) is 16.1 Å². The van der Waals surface area contributed by atoms with Crippen LogP contribution in [0.25, 0.3) is 5.65 Å². The minimum Gasteiger partial charge on any atom is -0.401 e. The van der Waals surface area contributed by atoms with E-state index in [0.717, 1.165) is 39.6 Å². The summed E-state index contributed by atoms with van der Waals surface area (Å²) in [6.45, 7) is 12.4. The molecule has 3 N–H and O–H groups in total. The molecule has 4 rings (SSSR count). The highest BCUT2D eigenvalue weighted by Gasteiger charge is 2.17. The molecule has 0 aliphatic heterocycles. The molecule has 2 aromatic heterocycles. The molecule has 3 aromatic rings. The highest BCUT2D eigenvalue weighted by atomic mass is 32.2. The van der Waals surface area contributed by atoms with Gasteiger partial charge in [0.1, 0.15) is 11.7 Å². The van der Waals surface area contributed by atoms with Gasteiger partial charge in [-0.25, -0.2) is 4.99 Å². The van der Waals surface area contributed by atoms with Crippen LogP contribution < -0.4 is 11.1 Å². The molecule has 0 fully saturated rings. The molecule has 204 valence electrons. The van der Waals surface area contributed by atoms with E-state index in [9.17, 15) is 4.79 Å². The molecule has 39 heavy (non-hydrogen) atoms. The van der Waals surface area contributed by atoms with E-state index in [1.807, 2.05) is 64.1 Å². The number of hydrogen-bond acceptors (Lipinski definition) is 6. The predicted octanol–water partition coefficient (Wildman–Crippen LogP) is 6.63. The number of aliphatic imine (C=N–C) groups is 1. The maximum absolute atomic E-state index is 13.0. The molecule has 8 heteroatoms. The molecule has 0 saturated carbocycles. The first kappa shape index (κ1) is 28.4. The number of nitrogens with zero attached hydrogens (tertiary/aromatic N) is 4. The first-order valence-electron chi connectivity index (χ1n) is 13.3. The summed E-state index contributed by atoms with van der Waals surface area (Å²) in [4.78, 5) is 18.8. The van der Waals surface area contributed by atoms with Crippen molar-refractivity contribution in [1.29, 1.82) is 0 Å². The number of fused-ring (bicyclic) bond motifs is 1. The van der Waals surface area contributed by atoms with Crippen molar-refractivity contribution in [2.75, 3.05) is 0 Å². The van der Waals surface area contributed by atoms with E-state index in [1.54, 1.807) is 17.8 Å². The third kappa shape index (κ3) is 7.69. The molecule has 0 spiro atoms. The Bertz CT molecular complexity index is 1450. The lowest BCUT2D eigenvalue weighted by atomic mass is 9.92. The Kier molecular flexibility index (Phi) is 8.75. The molecule has 1 aliphatic rings. The van der Waals surface area contributed by atoms with Gasteiger partial charge in [0.25, 0.3) is 0 Å². The Labute approximate surface area is 235 Å². The molecule has 1 aromatic carbocycles.